The van der Waals surface area contributed by atoms with Crippen LogP contribution in [0.5, 0.6) is 11.5 Å². The van der Waals surface area contributed by atoms with Gasteiger partial charge in [0, 0.05) is 11.1 Å². The highest BCUT2D eigenvalue weighted by Crippen LogP contribution is 2.52. The molecule has 3 aromatic carbocycles. The van der Waals surface area contributed by atoms with Crippen molar-refractivity contribution in [2.24, 2.45) is 0 Å². The summed E-state index contributed by atoms with van der Waals surface area (Å²) >= 11 is 19.2. The number of nitro benzene ring substituents is 1. The second-order valence-electron chi connectivity index (χ2n) is 6.05. The molecule has 138 valence electrons. The number of benzene rings is 3. The Balaban J connectivity index is 1.76. The smallest absolute Gasteiger partial charge is 0.273 e. The van der Waals surface area contributed by atoms with Gasteiger partial charge in [0.15, 0.2) is 11.5 Å². The molecule has 0 atom stereocenters. The fraction of sp³-hybridized carbons (Fsp3) is 0. The fourth-order valence-electron chi connectivity index (χ4n) is 3.03. The van der Waals surface area contributed by atoms with Gasteiger partial charge < -0.3 is 10.1 Å². The molecule has 0 amide bonds. The van der Waals surface area contributed by atoms with E-state index >= 15 is 0 Å². The van der Waals surface area contributed by atoms with Crippen molar-refractivity contribution >= 4 is 73.9 Å². The minimum absolute atomic E-state index is 0.102. The molecule has 5 rings (SSSR count). The van der Waals surface area contributed by atoms with Crippen LogP contribution in [0.1, 0.15) is 0 Å². The summed E-state index contributed by atoms with van der Waals surface area (Å²) in [5.74, 6) is 0.495. The lowest BCUT2D eigenvalue weighted by Gasteiger charge is -2.24. The molecule has 10 heteroatoms. The third-order valence-electron chi connectivity index (χ3n) is 4.34. The number of fused-ring (bicyclic) bond motifs is 4. The van der Waals surface area contributed by atoms with Crippen LogP contribution in [0.4, 0.5) is 17.1 Å². The number of anilines is 2. The van der Waals surface area contributed by atoms with Gasteiger partial charge in [-0.2, -0.15) is 0 Å². The van der Waals surface area contributed by atoms with Gasteiger partial charge in [0.25, 0.3) is 5.69 Å². The van der Waals surface area contributed by atoms with Crippen molar-refractivity contribution in [2.45, 2.75) is 0 Å². The summed E-state index contributed by atoms with van der Waals surface area (Å²) in [7, 11) is 0. The molecule has 0 radical (unpaired) electrons. The number of ether oxygens (including phenoxy) is 1. The summed E-state index contributed by atoms with van der Waals surface area (Å²) in [5.41, 5.74) is 2.75. The van der Waals surface area contributed by atoms with Crippen molar-refractivity contribution in [1.29, 1.82) is 0 Å². The van der Waals surface area contributed by atoms with E-state index < -0.39 is 4.92 Å². The second kappa shape index (κ2) is 6.07. The number of rotatable bonds is 1. The van der Waals surface area contributed by atoms with Gasteiger partial charge in [0.1, 0.15) is 21.7 Å². The van der Waals surface area contributed by atoms with E-state index in [-0.39, 0.29) is 27.2 Å². The van der Waals surface area contributed by atoms with Crippen molar-refractivity contribution in [3.63, 3.8) is 0 Å². The molecule has 1 aliphatic heterocycles. The van der Waals surface area contributed by atoms with Crippen molar-refractivity contribution in [1.82, 2.24) is 9.97 Å². The predicted octanol–water partition coefficient (Wildman–Crippen LogP) is 6.50. The average Bonchev–Trinajstić information content (AvgIpc) is 2.69. The highest BCUT2D eigenvalue weighted by atomic mass is 35.5. The van der Waals surface area contributed by atoms with Gasteiger partial charge in [-0.1, -0.05) is 34.8 Å². The fourth-order valence-corrected chi connectivity index (χ4v) is 3.73. The van der Waals surface area contributed by atoms with Gasteiger partial charge in [0.2, 0.25) is 0 Å². The Hall–Kier alpha value is -2.87. The van der Waals surface area contributed by atoms with Crippen LogP contribution in [0, 0.1) is 10.1 Å². The minimum Gasteiger partial charge on any atom is -0.451 e. The Labute approximate surface area is 172 Å². The van der Waals surface area contributed by atoms with E-state index in [0.29, 0.717) is 38.5 Å². The average molecular weight is 434 g/mol. The molecular formula is C18H7Cl3N4O3. The van der Waals surface area contributed by atoms with Gasteiger partial charge in [-0.25, -0.2) is 9.97 Å². The minimum atomic E-state index is -0.503. The molecule has 0 bridgehead atoms. The van der Waals surface area contributed by atoms with Gasteiger partial charge in [-0.05, 0) is 24.3 Å². The summed E-state index contributed by atoms with van der Waals surface area (Å²) < 4.78 is 5.85. The number of hydrogen-bond donors (Lipinski definition) is 1. The normalized spacial score (nSPS) is 12.2. The first-order valence-electron chi connectivity index (χ1n) is 7.93. The first kappa shape index (κ1) is 17.2. The number of nitrogens with one attached hydrogen (secondary N) is 1. The zero-order chi connectivity index (χ0) is 19.6. The topological polar surface area (TPSA) is 90.2 Å². The number of aromatic nitrogens is 2. The van der Waals surface area contributed by atoms with E-state index in [1.807, 2.05) is 0 Å². The largest absolute Gasteiger partial charge is 0.451 e. The summed E-state index contributed by atoms with van der Waals surface area (Å²) in [6.45, 7) is 0. The SMILES string of the molecule is O=[N+]([O-])c1ccc2c(c1)Oc1c(c(Cl)c3nc4cc(Cl)ccc4nc3c1Cl)N2. The van der Waals surface area contributed by atoms with E-state index in [1.54, 1.807) is 18.2 Å². The lowest BCUT2D eigenvalue weighted by atomic mass is 10.1. The van der Waals surface area contributed by atoms with Gasteiger partial charge in [0.05, 0.1) is 32.7 Å². The first-order valence-corrected chi connectivity index (χ1v) is 9.07. The number of halogens is 3. The van der Waals surface area contributed by atoms with Gasteiger partial charge in [-0.3, -0.25) is 10.1 Å². The third-order valence-corrected chi connectivity index (χ3v) is 5.29. The Kier molecular flexibility index (Phi) is 3.74. The Morgan fingerprint density at radius 2 is 1.71 bits per heavy atom. The van der Waals surface area contributed by atoms with Crippen LogP contribution in [0.15, 0.2) is 36.4 Å². The quantitative estimate of drug-likeness (QED) is 0.184. The highest BCUT2D eigenvalue weighted by molar-refractivity contribution is 6.43. The van der Waals surface area contributed by atoms with Crippen LogP contribution in [0.25, 0.3) is 22.1 Å². The molecule has 0 spiro atoms. The van der Waals surface area contributed by atoms with Crippen LogP contribution in [0.2, 0.25) is 15.1 Å². The maximum Gasteiger partial charge on any atom is 0.273 e. The lowest BCUT2D eigenvalue weighted by molar-refractivity contribution is -0.384. The van der Waals surface area contributed by atoms with Crippen molar-refractivity contribution in [3.05, 3.63) is 61.6 Å². The molecule has 1 aliphatic rings. The summed E-state index contributed by atoms with van der Waals surface area (Å²) in [4.78, 5) is 19.6. The van der Waals surface area contributed by atoms with Crippen LogP contribution < -0.4 is 10.1 Å². The molecule has 0 saturated heterocycles. The van der Waals surface area contributed by atoms with Gasteiger partial charge in [-0.15, -0.1) is 0 Å². The van der Waals surface area contributed by atoms with Crippen LogP contribution >= 0.6 is 34.8 Å². The Bertz CT molecular complexity index is 1340. The molecule has 1 N–H and O–H groups in total. The van der Waals surface area contributed by atoms with E-state index in [1.165, 1.54) is 18.2 Å². The maximum atomic E-state index is 11.0. The van der Waals surface area contributed by atoms with E-state index in [4.69, 9.17) is 39.5 Å². The number of non-ortho nitro benzene ring substituents is 1. The zero-order valence-electron chi connectivity index (χ0n) is 13.7. The molecule has 0 aliphatic carbocycles. The number of nitrogens with zero attached hydrogens (tertiary/aromatic N) is 3. The van der Waals surface area contributed by atoms with Crippen molar-refractivity contribution < 1.29 is 9.66 Å². The number of hydrogen-bond acceptors (Lipinski definition) is 6. The molecule has 2 heterocycles. The summed E-state index contributed by atoms with van der Waals surface area (Å²) in [6.07, 6.45) is 0. The molecule has 0 unspecified atom stereocenters. The monoisotopic (exact) mass is 432 g/mol. The molecule has 7 nitrogen and oxygen atoms in total. The second-order valence-corrected chi connectivity index (χ2v) is 7.24. The summed E-state index contributed by atoms with van der Waals surface area (Å²) in [6, 6.07) is 9.33. The van der Waals surface area contributed by atoms with Gasteiger partial charge >= 0.3 is 0 Å². The van der Waals surface area contributed by atoms with Crippen LogP contribution in [-0.4, -0.2) is 14.9 Å². The molecule has 28 heavy (non-hydrogen) atoms. The first-order chi connectivity index (χ1) is 13.4. The number of nitro groups is 1. The molecule has 1 aromatic heterocycles. The third kappa shape index (κ3) is 2.51. The highest BCUT2D eigenvalue weighted by Gasteiger charge is 2.28. The van der Waals surface area contributed by atoms with Crippen LogP contribution in [-0.2, 0) is 0 Å². The lowest BCUT2D eigenvalue weighted by Crippen LogP contribution is -2.06. The zero-order valence-corrected chi connectivity index (χ0v) is 15.9. The molecule has 4 aromatic rings. The summed E-state index contributed by atoms with van der Waals surface area (Å²) in [5, 5.41) is 15.1. The van der Waals surface area contributed by atoms with Crippen molar-refractivity contribution in [3.8, 4) is 11.5 Å². The van der Waals surface area contributed by atoms with Crippen LogP contribution in [0.3, 0.4) is 0 Å². The molecule has 0 saturated carbocycles. The Morgan fingerprint density at radius 1 is 0.964 bits per heavy atom. The van der Waals surface area contributed by atoms with E-state index in [9.17, 15) is 10.1 Å². The Morgan fingerprint density at radius 3 is 2.50 bits per heavy atom. The maximum absolute atomic E-state index is 11.0. The molecule has 0 fully saturated rings. The van der Waals surface area contributed by atoms with Crippen molar-refractivity contribution in [2.75, 3.05) is 5.32 Å². The standard InChI is InChI=1S/C18H7Cl3N4O3/c19-7-1-3-9-11(5-7)24-15-13(20)17-18(14(21)16(15)22-9)28-12-6-8(25(26)27)2-4-10(12)23-17/h1-6,23H. The predicted molar refractivity (Wildman–Crippen MR) is 109 cm³/mol. The molecular weight excluding hydrogens is 427 g/mol. The van der Waals surface area contributed by atoms with E-state index in [2.05, 4.69) is 15.3 Å². The van der Waals surface area contributed by atoms with E-state index in [0.717, 1.165) is 0 Å².